The van der Waals surface area contributed by atoms with Crippen LogP contribution < -0.4 is 5.32 Å². The molecular formula is C23H25N3O. The van der Waals surface area contributed by atoms with Gasteiger partial charge < -0.3 is 5.32 Å². The fraction of sp³-hybridized carbons (Fsp3) is 0.304. The van der Waals surface area contributed by atoms with Crippen LogP contribution in [-0.4, -0.2) is 15.7 Å². The number of anilines is 1. The van der Waals surface area contributed by atoms with Gasteiger partial charge in [-0.25, -0.2) is 4.68 Å². The molecule has 4 nitrogen and oxygen atoms in total. The molecule has 1 N–H and O–H groups in total. The molecule has 0 saturated heterocycles. The lowest BCUT2D eigenvalue weighted by molar-refractivity contribution is -0.115. The molecule has 3 aromatic rings. The molecule has 4 heteroatoms. The Balaban J connectivity index is 1.56. The van der Waals surface area contributed by atoms with Crippen molar-refractivity contribution in [3.63, 3.8) is 0 Å². The van der Waals surface area contributed by atoms with E-state index in [1.165, 1.54) is 11.1 Å². The van der Waals surface area contributed by atoms with E-state index in [-0.39, 0.29) is 5.91 Å². The lowest BCUT2D eigenvalue weighted by Crippen LogP contribution is -2.18. The average molecular weight is 359 g/mol. The van der Waals surface area contributed by atoms with Gasteiger partial charge in [-0.15, -0.1) is 0 Å². The summed E-state index contributed by atoms with van der Waals surface area (Å²) in [6, 6.07) is 18.3. The molecule has 0 saturated carbocycles. The first-order chi connectivity index (χ1) is 13.1. The minimum atomic E-state index is -0.000854. The third-order valence-corrected chi connectivity index (χ3v) is 5.18. The summed E-state index contributed by atoms with van der Waals surface area (Å²) in [5.74, 6) is 1.33. The topological polar surface area (TPSA) is 46.9 Å². The number of carbonyl (C=O) groups is 1. The van der Waals surface area contributed by atoms with Crippen LogP contribution in [0.25, 0.3) is 5.69 Å². The van der Waals surface area contributed by atoms with Crippen LogP contribution in [0.1, 0.15) is 48.6 Å². The predicted octanol–water partition coefficient (Wildman–Crippen LogP) is 4.67. The van der Waals surface area contributed by atoms with E-state index in [4.69, 9.17) is 5.10 Å². The SMILES string of the molecule is CC(C)c1ccc(CC(=O)Nc2c3c(nn2-c2ccccc2)CCC3)cc1. The zero-order valence-electron chi connectivity index (χ0n) is 15.9. The van der Waals surface area contributed by atoms with Gasteiger partial charge in [0, 0.05) is 5.56 Å². The third-order valence-electron chi connectivity index (χ3n) is 5.18. The molecule has 0 aliphatic heterocycles. The van der Waals surface area contributed by atoms with Gasteiger partial charge in [-0.3, -0.25) is 4.79 Å². The van der Waals surface area contributed by atoms with Gasteiger partial charge in [0.2, 0.25) is 5.91 Å². The van der Waals surface area contributed by atoms with E-state index in [1.54, 1.807) is 0 Å². The molecule has 0 fully saturated rings. The van der Waals surface area contributed by atoms with Crippen LogP contribution in [0.5, 0.6) is 0 Å². The number of fused-ring (bicyclic) bond motifs is 1. The van der Waals surface area contributed by atoms with Crippen molar-refractivity contribution in [3.8, 4) is 5.69 Å². The van der Waals surface area contributed by atoms with Crippen LogP contribution in [-0.2, 0) is 24.1 Å². The molecule has 0 bridgehead atoms. The largest absolute Gasteiger partial charge is 0.310 e. The standard InChI is InChI=1S/C23H25N3O/c1-16(2)18-13-11-17(12-14-18)15-22(27)24-23-20-9-6-10-21(20)25-26(23)19-7-4-3-5-8-19/h3-5,7-8,11-14,16H,6,9-10,15H2,1-2H3,(H,24,27). The Hall–Kier alpha value is -2.88. The zero-order chi connectivity index (χ0) is 18.8. The summed E-state index contributed by atoms with van der Waals surface area (Å²) in [5, 5.41) is 7.89. The quantitative estimate of drug-likeness (QED) is 0.720. The summed E-state index contributed by atoms with van der Waals surface area (Å²) < 4.78 is 1.88. The fourth-order valence-electron chi connectivity index (χ4n) is 3.66. The Bertz CT molecular complexity index is 940. The molecule has 0 spiro atoms. The highest BCUT2D eigenvalue weighted by atomic mass is 16.1. The Morgan fingerprint density at radius 2 is 1.81 bits per heavy atom. The van der Waals surface area contributed by atoms with Crippen molar-refractivity contribution >= 4 is 11.7 Å². The summed E-state index contributed by atoms with van der Waals surface area (Å²) in [4.78, 5) is 12.7. The average Bonchev–Trinajstić information content (AvgIpc) is 3.25. The van der Waals surface area contributed by atoms with Gasteiger partial charge >= 0.3 is 0 Å². The first-order valence-corrected chi connectivity index (χ1v) is 9.66. The van der Waals surface area contributed by atoms with Crippen LogP contribution in [0, 0.1) is 0 Å². The first-order valence-electron chi connectivity index (χ1n) is 9.66. The Labute approximate surface area is 160 Å². The summed E-state index contributed by atoms with van der Waals surface area (Å²) in [6.07, 6.45) is 3.43. The Morgan fingerprint density at radius 1 is 1.07 bits per heavy atom. The van der Waals surface area contributed by atoms with E-state index < -0.39 is 0 Å². The molecule has 0 atom stereocenters. The molecule has 1 aliphatic carbocycles. The zero-order valence-corrected chi connectivity index (χ0v) is 15.9. The lowest BCUT2D eigenvalue weighted by Gasteiger charge is -2.11. The molecule has 2 aromatic carbocycles. The van der Waals surface area contributed by atoms with Crippen LogP contribution in [0.15, 0.2) is 54.6 Å². The smallest absolute Gasteiger partial charge is 0.229 e. The number of rotatable bonds is 5. The molecule has 1 aliphatic rings. The minimum Gasteiger partial charge on any atom is -0.310 e. The van der Waals surface area contributed by atoms with Gasteiger partial charge in [0.1, 0.15) is 5.82 Å². The number of hydrogen-bond donors (Lipinski definition) is 1. The van der Waals surface area contributed by atoms with Gasteiger partial charge in [-0.1, -0.05) is 56.3 Å². The van der Waals surface area contributed by atoms with Crippen molar-refractivity contribution < 1.29 is 4.79 Å². The fourth-order valence-corrected chi connectivity index (χ4v) is 3.66. The van der Waals surface area contributed by atoms with E-state index in [0.29, 0.717) is 12.3 Å². The second-order valence-electron chi connectivity index (χ2n) is 7.50. The van der Waals surface area contributed by atoms with Gasteiger partial charge in [0.05, 0.1) is 17.8 Å². The molecular weight excluding hydrogens is 334 g/mol. The van der Waals surface area contributed by atoms with Crippen molar-refractivity contribution in [2.75, 3.05) is 5.32 Å². The summed E-state index contributed by atoms with van der Waals surface area (Å²) in [6.45, 7) is 4.35. The highest BCUT2D eigenvalue weighted by Gasteiger charge is 2.24. The van der Waals surface area contributed by atoms with E-state index in [9.17, 15) is 4.79 Å². The highest BCUT2D eigenvalue weighted by Crippen LogP contribution is 2.31. The molecule has 1 heterocycles. The number of benzene rings is 2. The molecule has 1 aromatic heterocycles. The number of hydrogen-bond acceptors (Lipinski definition) is 2. The van der Waals surface area contributed by atoms with Crippen molar-refractivity contribution in [1.29, 1.82) is 0 Å². The van der Waals surface area contributed by atoms with Crippen LogP contribution >= 0.6 is 0 Å². The number of nitrogens with zero attached hydrogens (tertiary/aromatic N) is 2. The predicted molar refractivity (Wildman–Crippen MR) is 108 cm³/mol. The second-order valence-corrected chi connectivity index (χ2v) is 7.50. The maximum Gasteiger partial charge on any atom is 0.229 e. The number of carbonyl (C=O) groups excluding carboxylic acids is 1. The normalized spacial score (nSPS) is 13.0. The molecule has 4 rings (SSSR count). The van der Waals surface area contributed by atoms with E-state index in [1.807, 2.05) is 47.1 Å². The van der Waals surface area contributed by atoms with Gasteiger partial charge in [0.15, 0.2) is 0 Å². The van der Waals surface area contributed by atoms with Crippen molar-refractivity contribution in [2.24, 2.45) is 0 Å². The van der Waals surface area contributed by atoms with Crippen LogP contribution in [0.4, 0.5) is 5.82 Å². The van der Waals surface area contributed by atoms with Gasteiger partial charge in [-0.2, -0.15) is 5.10 Å². The van der Waals surface area contributed by atoms with Gasteiger partial charge in [0.25, 0.3) is 0 Å². The van der Waals surface area contributed by atoms with Crippen molar-refractivity contribution in [3.05, 3.63) is 77.0 Å². The molecule has 1 amide bonds. The van der Waals surface area contributed by atoms with Gasteiger partial charge in [-0.05, 0) is 48.4 Å². The summed E-state index contributed by atoms with van der Waals surface area (Å²) in [7, 11) is 0. The molecule has 0 unspecified atom stereocenters. The van der Waals surface area contributed by atoms with E-state index in [0.717, 1.165) is 42.0 Å². The number of aromatic nitrogens is 2. The molecule has 0 radical (unpaired) electrons. The summed E-state index contributed by atoms with van der Waals surface area (Å²) in [5.41, 5.74) is 5.58. The monoisotopic (exact) mass is 359 g/mol. The van der Waals surface area contributed by atoms with E-state index >= 15 is 0 Å². The Morgan fingerprint density at radius 3 is 2.52 bits per heavy atom. The number of nitrogens with one attached hydrogen (secondary N) is 1. The number of amides is 1. The number of para-hydroxylation sites is 1. The Kier molecular flexibility index (Phi) is 4.80. The molecule has 138 valence electrons. The van der Waals surface area contributed by atoms with Crippen molar-refractivity contribution in [1.82, 2.24) is 9.78 Å². The van der Waals surface area contributed by atoms with Crippen molar-refractivity contribution in [2.45, 2.75) is 45.4 Å². The minimum absolute atomic E-state index is 0.000854. The van der Waals surface area contributed by atoms with Crippen LogP contribution in [0.3, 0.4) is 0 Å². The molecule has 27 heavy (non-hydrogen) atoms. The third kappa shape index (κ3) is 3.65. The summed E-state index contributed by atoms with van der Waals surface area (Å²) >= 11 is 0. The number of aryl methyl sites for hydroxylation is 1. The van der Waals surface area contributed by atoms with Crippen LogP contribution in [0.2, 0.25) is 0 Å². The first kappa shape index (κ1) is 17.5. The lowest BCUT2D eigenvalue weighted by atomic mass is 10.0. The second kappa shape index (κ2) is 7.39. The maximum absolute atomic E-state index is 12.7. The van der Waals surface area contributed by atoms with E-state index in [2.05, 4.69) is 31.3 Å². The maximum atomic E-state index is 12.7. The highest BCUT2D eigenvalue weighted by molar-refractivity contribution is 5.92.